The Morgan fingerprint density at radius 2 is 1.96 bits per heavy atom. The van der Waals surface area contributed by atoms with Crippen molar-refractivity contribution in [1.29, 1.82) is 0 Å². The SMILES string of the molecule is NC1CCN(c2cc(-c3cccc(F)c3)cc(-c3cc(Br)ccc3O)n2)C1. The van der Waals surface area contributed by atoms with Crippen LogP contribution in [0.2, 0.25) is 0 Å². The molecule has 0 radical (unpaired) electrons. The van der Waals surface area contributed by atoms with Crippen LogP contribution in [0.5, 0.6) is 5.75 Å². The monoisotopic (exact) mass is 427 g/mol. The highest BCUT2D eigenvalue weighted by Crippen LogP contribution is 2.35. The Hall–Kier alpha value is -2.44. The molecule has 1 aliphatic heterocycles. The summed E-state index contributed by atoms with van der Waals surface area (Å²) < 4.78 is 14.6. The number of hydrogen-bond acceptors (Lipinski definition) is 4. The number of phenolic OH excluding ortho intramolecular Hbond substituents is 1. The minimum absolute atomic E-state index is 0.118. The molecule has 3 aromatic rings. The van der Waals surface area contributed by atoms with Gasteiger partial charge < -0.3 is 15.7 Å². The molecule has 27 heavy (non-hydrogen) atoms. The van der Waals surface area contributed by atoms with Gasteiger partial charge in [0, 0.05) is 29.2 Å². The molecule has 138 valence electrons. The summed E-state index contributed by atoms with van der Waals surface area (Å²) in [5, 5.41) is 10.3. The Bertz CT molecular complexity index is 995. The molecule has 1 atom stereocenters. The van der Waals surface area contributed by atoms with E-state index in [4.69, 9.17) is 10.7 Å². The lowest BCUT2D eigenvalue weighted by Gasteiger charge is -2.19. The fraction of sp³-hybridized carbons (Fsp3) is 0.190. The van der Waals surface area contributed by atoms with Crippen molar-refractivity contribution in [3.05, 3.63) is 64.9 Å². The third kappa shape index (κ3) is 3.82. The first-order valence-electron chi connectivity index (χ1n) is 8.77. The second-order valence-electron chi connectivity index (χ2n) is 6.77. The van der Waals surface area contributed by atoms with Gasteiger partial charge in [0.1, 0.15) is 17.4 Å². The van der Waals surface area contributed by atoms with Crippen molar-refractivity contribution >= 4 is 21.7 Å². The zero-order chi connectivity index (χ0) is 19.0. The summed E-state index contributed by atoms with van der Waals surface area (Å²) in [4.78, 5) is 6.90. The van der Waals surface area contributed by atoms with Gasteiger partial charge in [-0.05, 0) is 60.0 Å². The van der Waals surface area contributed by atoms with Gasteiger partial charge in [0.25, 0.3) is 0 Å². The summed E-state index contributed by atoms with van der Waals surface area (Å²) in [5.41, 5.74) is 8.91. The van der Waals surface area contributed by atoms with Crippen LogP contribution >= 0.6 is 15.9 Å². The number of nitrogens with two attached hydrogens (primary N) is 1. The summed E-state index contributed by atoms with van der Waals surface area (Å²) in [6.07, 6.45) is 0.906. The van der Waals surface area contributed by atoms with Gasteiger partial charge in [-0.2, -0.15) is 0 Å². The van der Waals surface area contributed by atoms with E-state index in [9.17, 15) is 9.50 Å². The number of phenols is 1. The highest BCUT2D eigenvalue weighted by atomic mass is 79.9. The molecule has 2 aromatic carbocycles. The molecule has 0 spiro atoms. The first-order chi connectivity index (χ1) is 13.0. The average molecular weight is 428 g/mol. The van der Waals surface area contributed by atoms with Gasteiger partial charge in [-0.1, -0.05) is 28.1 Å². The molecule has 2 heterocycles. The molecular weight excluding hydrogens is 409 g/mol. The third-order valence-corrected chi connectivity index (χ3v) is 5.25. The molecule has 4 nitrogen and oxygen atoms in total. The van der Waals surface area contributed by atoms with Gasteiger partial charge in [0.2, 0.25) is 0 Å². The summed E-state index contributed by atoms with van der Waals surface area (Å²) in [7, 11) is 0. The number of pyridine rings is 1. The number of benzene rings is 2. The number of aromatic hydroxyl groups is 1. The minimum Gasteiger partial charge on any atom is -0.507 e. The molecule has 1 fully saturated rings. The average Bonchev–Trinajstić information content (AvgIpc) is 3.10. The van der Waals surface area contributed by atoms with E-state index in [1.165, 1.54) is 12.1 Å². The largest absolute Gasteiger partial charge is 0.507 e. The Morgan fingerprint density at radius 1 is 1.11 bits per heavy atom. The second kappa shape index (κ2) is 7.29. The predicted octanol–water partition coefficient (Wildman–Crippen LogP) is 4.56. The van der Waals surface area contributed by atoms with E-state index in [0.717, 1.165) is 40.9 Å². The van der Waals surface area contributed by atoms with Crippen LogP contribution in [0.4, 0.5) is 10.2 Å². The number of nitrogens with zero attached hydrogens (tertiary/aromatic N) is 2. The summed E-state index contributed by atoms with van der Waals surface area (Å²) in [6.45, 7) is 1.55. The quantitative estimate of drug-likeness (QED) is 0.642. The van der Waals surface area contributed by atoms with E-state index < -0.39 is 0 Å². The van der Waals surface area contributed by atoms with Gasteiger partial charge >= 0.3 is 0 Å². The van der Waals surface area contributed by atoms with Crippen molar-refractivity contribution < 1.29 is 9.50 Å². The van der Waals surface area contributed by atoms with Crippen molar-refractivity contribution in [2.24, 2.45) is 5.73 Å². The van der Waals surface area contributed by atoms with Crippen LogP contribution in [-0.2, 0) is 0 Å². The second-order valence-corrected chi connectivity index (χ2v) is 7.68. The van der Waals surface area contributed by atoms with E-state index in [1.54, 1.807) is 18.2 Å². The van der Waals surface area contributed by atoms with E-state index in [0.29, 0.717) is 11.3 Å². The van der Waals surface area contributed by atoms with Crippen LogP contribution in [0.1, 0.15) is 6.42 Å². The van der Waals surface area contributed by atoms with Gasteiger partial charge in [0.15, 0.2) is 0 Å². The van der Waals surface area contributed by atoms with Crippen molar-refractivity contribution in [3.8, 4) is 28.1 Å². The van der Waals surface area contributed by atoms with E-state index >= 15 is 0 Å². The molecular formula is C21H19BrFN3O. The van der Waals surface area contributed by atoms with Gasteiger partial charge in [0.05, 0.1) is 5.69 Å². The summed E-state index contributed by atoms with van der Waals surface area (Å²) >= 11 is 3.44. The highest BCUT2D eigenvalue weighted by molar-refractivity contribution is 9.10. The lowest BCUT2D eigenvalue weighted by Crippen LogP contribution is -2.27. The first kappa shape index (κ1) is 17.9. The molecule has 3 N–H and O–H groups in total. The van der Waals surface area contributed by atoms with Crippen LogP contribution in [0.15, 0.2) is 59.1 Å². The topological polar surface area (TPSA) is 62.4 Å². The smallest absolute Gasteiger partial charge is 0.129 e. The molecule has 0 aliphatic carbocycles. The standard InChI is InChI=1S/C21H19BrFN3O/c22-15-4-5-20(27)18(11-15)19-9-14(13-2-1-3-16(23)8-13)10-21(25-19)26-7-6-17(24)12-26/h1-5,8-11,17,27H,6-7,12,24H2. The number of aromatic nitrogens is 1. The zero-order valence-corrected chi connectivity index (χ0v) is 16.2. The Morgan fingerprint density at radius 3 is 2.70 bits per heavy atom. The molecule has 1 aromatic heterocycles. The fourth-order valence-electron chi connectivity index (χ4n) is 3.36. The van der Waals surface area contributed by atoms with E-state index in [-0.39, 0.29) is 17.6 Å². The third-order valence-electron chi connectivity index (χ3n) is 4.75. The first-order valence-corrected chi connectivity index (χ1v) is 9.56. The van der Waals surface area contributed by atoms with Crippen molar-refractivity contribution in [1.82, 2.24) is 4.98 Å². The maximum Gasteiger partial charge on any atom is 0.129 e. The maximum absolute atomic E-state index is 13.8. The molecule has 1 aliphatic rings. The Balaban J connectivity index is 1.87. The molecule has 1 unspecified atom stereocenters. The van der Waals surface area contributed by atoms with Crippen LogP contribution in [0.25, 0.3) is 22.4 Å². The number of halogens is 2. The predicted molar refractivity (Wildman–Crippen MR) is 109 cm³/mol. The molecule has 0 saturated carbocycles. The van der Waals surface area contributed by atoms with Crippen molar-refractivity contribution in [3.63, 3.8) is 0 Å². The van der Waals surface area contributed by atoms with Crippen LogP contribution in [-0.4, -0.2) is 29.2 Å². The van der Waals surface area contributed by atoms with Gasteiger partial charge in [-0.3, -0.25) is 0 Å². The Labute approximate surface area is 165 Å². The van der Waals surface area contributed by atoms with Crippen LogP contribution in [0.3, 0.4) is 0 Å². The van der Waals surface area contributed by atoms with E-state index in [2.05, 4.69) is 20.8 Å². The normalized spacial score (nSPS) is 16.7. The van der Waals surface area contributed by atoms with Gasteiger partial charge in [-0.15, -0.1) is 0 Å². The van der Waals surface area contributed by atoms with Crippen LogP contribution in [0, 0.1) is 5.82 Å². The molecule has 0 amide bonds. The van der Waals surface area contributed by atoms with Crippen molar-refractivity contribution in [2.75, 3.05) is 18.0 Å². The maximum atomic E-state index is 13.8. The summed E-state index contributed by atoms with van der Waals surface area (Å²) in [6, 6.07) is 15.6. The summed E-state index contributed by atoms with van der Waals surface area (Å²) in [5.74, 6) is 0.631. The van der Waals surface area contributed by atoms with Crippen LogP contribution < -0.4 is 10.6 Å². The number of hydrogen-bond donors (Lipinski definition) is 2. The lowest BCUT2D eigenvalue weighted by atomic mass is 10.0. The zero-order valence-electron chi connectivity index (χ0n) is 14.6. The number of anilines is 1. The number of rotatable bonds is 3. The molecule has 1 saturated heterocycles. The van der Waals surface area contributed by atoms with Gasteiger partial charge in [-0.25, -0.2) is 9.37 Å². The minimum atomic E-state index is -0.291. The van der Waals surface area contributed by atoms with E-state index in [1.807, 2.05) is 24.3 Å². The fourth-order valence-corrected chi connectivity index (χ4v) is 3.72. The Kier molecular flexibility index (Phi) is 4.85. The molecule has 4 rings (SSSR count). The molecule has 6 heteroatoms. The highest BCUT2D eigenvalue weighted by Gasteiger charge is 2.22. The lowest BCUT2D eigenvalue weighted by molar-refractivity contribution is 0.477. The van der Waals surface area contributed by atoms with Crippen molar-refractivity contribution in [2.45, 2.75) is 12.5 Å². The molecule has 0 bridgehead atoms.